The fourth-order valence-electron chi connectivity index (χ4n) is 1.14. The maximum atomic E-state index is 11.0. The first-order valence-corrected chi connectivity index (χ1v) is 7.88. The first kappa shape index (κ1) is 14.6. The van der Waals surface area contributed by atoms with Crippen LogP contribution < -0.4 is 20.1 Å². The third kappa shape index (κ3) is 4.75. The average Bonchev–Trinajstić information content (AvgIpc) is 2.15. The Morgan fingerprint density at radius 1 is 1.18 bits per heavy atom. The molecule has 1 heterocycles. The molecule has 0 aliphatic rings. The lowest BCUT2D eigenvalue weighted by Gasteiger charge is -2.28. The van der Waals surface area contributed by atoms with Crippen molar-refractivity contribution in [2.24, 2.45) is 0 Å². The van der Waals surface area contributed by atoms with Crippen molar-refractivity contribution >= 4 is 21.7 Å². The van der Waals surface area contributed by atoms with Crippen molar-refractivity contribution in [1.29, 1.82) is 0 Å². The van der Waals surface area contributed by atoms with E-state index in [9.17, 15) is 9.79 Å². The van der Waals surface area contributed by atoms with Crippen LogP contribution >= 0.6 is 15.9 Å². The molecule has 0 fully saturated rings. The fraction of sp³-hybridized carbons (Fsp3) is 0.286. The summed E-state index contributed by atoms with van der Waals surface area (Å²) in [6, 6.07) is 4.91. The molecular weight excluding hydrogens is 270 g/mol. The molecule has 1 aromatic rings. The number of anilines is 1. The minimum absolute atomic E-state index is 0.402. The summed E-state index contributed by atoms with van der Waals surface area (Å²) in [5.41, 5.74) is 0. The van der Waals surface area contributed by atoms with Gasteiger partial charge in [0.15, 0.2) is 6.54 Å². The number of hydrogen-bond donors (Lipinski definition) is 5. The van der Waals surface area contributed by atoms with Gasteiger partial charge in [-0.3, -0.25) is 5.32 Å². The monoisotopic (exact) mass is 283 g/mol. The molecule has 1 rings (SSSR count). The van der Waals surface area contributed by atoms with E-state index in [1.807, 2.05) is 0 Å². The predicted molar refractivity (Wildman–Crippen MR) is 58.0 cm³/mol. The van der Waals surface area contributed by atoms with Gasteiger partial charge in [0.1, 0.15) is 0 Å². The Morgan fingerprint density at radius 2 is 1.76 bits per heavy atom. The van der Waals surface area contributed by atoms with E-state index in [1.54, 1.807) is 24.4 Å². The Labute approximate surface area is 98.4 Å². The van der Waals surface area contributed by atoms with Gasteiger partial charge in [0, 0.05) is 6.07 Å². The van der Waals surface area contributed by atoms with E-state index in [0.717, 1.165) is 0 Å². The molecule has 0 saturated carbocycles. The topological polar surface area (TPSA) is 153 Å². The Balaban J connectivity index is 2.70. The maximum Gasteiger partial charge on any atom is 0.301 e. The SMILES string of the molecule is [O-][P+](O)(O)C(CNc1cccc[nH+]1)[P+]([O-])(O)O. The van der Waals surface area contributed by atoms with Crippen LogP contribution in [0, 0.1) is 0 Å². The summed E-state index contributed by atoms with van der Waals surface area (Å²) in [4.78, 5) is 60.1. The van der Waals surface area contributed by atoms with Gasteiger partial charge in [-0.2, -0.15) is 0 Å². The third-order valence-electron chi connectivity index (χ3n) is 1.96. The molecule has 0 aliphatic carbocycles. The number of rotatable bonds is 5. The van der Waals surface area contributed by atoms with Gasteiger partial charge < -0.3 is 9.79 Å². The van der Waals surface area contributed by atoms with Crippen LogP contribution in [0.3, 0.4) is 0 Å². The van der Waals surface area contributed by atoms with Crippen LogP contribution in [0.5, 0.6) is 0 Å². The van der Waals surface area contributed by atoms with Gasteiger partial charge in [-0.15, -0.1) is 0 Å². The highest BCUT2D eigenvalue weighted by atomic mass is 31.3. The van der Waals surface area contributed by atoms with Gasteiger partial charge in [0.2, 0.25) is 0 Å². The summed E-state index contributed by atoms with van der Waals surface area (Å²) in [6.07, 6.45) is 1.56. The minimum atomic E-state index is -4.87. The standard InChI is InChI=1S/C7H12N2O6P2/c10-16(11,12)7(17(13,14)15)5-9-6-3-1-2-4-8-6/h1-4,7H,5H2,(H,8,9)(H2,10,11,12)(H2,13,14,15)/p+1. The highest BCUT2D eigenvalue weighted by Gasteiger charge is 2.52. The second kappa shape index (κ2) is 5.48. The maximum absolute atomic E-state index is 11.0. The number of aromatic nitrogens is 1. The van der Waals surface area contributed by atoms with Crippen molar-refractivity contribution in [3.05, 3.63) is 24.4 Å². The molecule has 0 unspecified atom stereocenters. The van der Waals surface area contributed by atoms with Crippen LogP contribution in [0.15, 0.2) is 24.4 Å². The lowest BCUT2D eigenvalue weighted by atomic mass is 10.4. The van der Waals surface area contributed by atoms with Gasteiger partial charge in [0.05, 0.1) is 6.20 Å². The van der Waals surface area contributed by atoms with E-state index in [-0.39, 0.29) is 0 Å². The number of H-pyrrole nitrogens is 1. The first-order valence-electron chi connectivity index (χ1n) is 4.52. The number of nitrogens with one attached hydrogen (secondary N) is 2. The zero-order valence-corrected chi connectivity index (χ0v) is 10.4. The normalized spacial score (nSPS) is 12.9. The molecule has 96 valence electrons. The van der Waals surface area contributed by atoms with E-state index in [4.69, 9.17) is 19.6 Å². The van der Waals surface area contributed by atoms with Crippen molar-refractivity contribution in [2.45, 2.75) is 5.40 Å². The Kier molecular flexibility index (Phi) is 4.71. The number of hydrogen-bond acceptors (Lipinski definition) is 7. The summed E-state index contributed by atoms with van der Waals surface area (Å²) in [5.74, 6) is 0.402. The largest absolute Gasteiger partial charge is 0.628 e. The molecule has 10 heteroatoms. The molecule has 0 spiro atoms. The predicted octanol–water partition coefficient (Wildman–Crippen LogP) is -2.55. The molecule has 0 radical (unpaired) electrons. The Hall–Kier alpha value is -0.430. The van der Waals surface area contributed by atoms with Crippen molar-refractivity contribution in [1.82, 2.24) is 0 Å². The molecule has 17 heavy (non-hydrogen) atoms. The van der Waals surface area contributed by atoms with E-state index < -0.39 is 27.8 Å². The van der Waals surface area contributed by atoms with Gasteiger partial charge in [-0.25, -0.2) is 24.6 Å². The van der Waals surface area contributed by atoms with Gasteiger partial charge in [0.25, 0.3) is 21.7 Å². The second-order valence-electron chi connectivity index (χ2n) is 3.32. The lowest BCUT2D eigenvalue weighted by molar-refractivity contribution is -0.361. The molecule has 0 amide bonds. The van der Waals surface area contributed by atoms with Crippen LogP contribution in [0.25, 0.3) is 0 Å². The highest BCUT2D eigenvalue weighted by Crippen LogP contribution is 2.64. The quantitative estimate of drug-likeness (QED) is 0.373. The molecule has 0 atom stereocenters. The Bertz CT molecular complexity index is 338. The molecule has 0 aliphatic heterocycles. The third-order valence-corrected chi connectivity index (χ3v) is 5.68. The van der Waals surface area contributed by atoms with Gasteiger partial charge in [-0.05, 0) is 6.07 Å². The zero-order valence-electron chi connectivity index (χ0n) is 8.59. The van der Waals surface area contributed by atoms with Crippen LogP contribution in [-0.2, 0) is 0 Å². The molecule has 0 saturated heterocycles. The van der Waals surface area contributed by atoms with Crippen LogP contribution in [0.2, 0.25) is 0 Å². The lowest BCUT2D eigenvalue weighted by Crippen LogP contribution is -2.36. The minimum Gasteiger partial charge on any atom is -0.628 e. The van der Waals surface area contributed by atoms with Gasteiger partial charge >= 0.3 is 5.40 Å². The van der Waals surface area contributed by atoms with Crippen molar-refractivity contribution in [3.8, 4) is 0 Å². The van der Waals surface area contributed by atoms with E-state index >= 15 is 0 Å². The summed E-state index contributed by atoms with van der Waals surface area (Å²) in [7, 11) is -9.75. The number of pyridine rings is 1. The molecular formula is C7H13N2O6P2+. The highest BCUT2D eigenvalue weighted by molar-refractivity contribution is 7.76. The van der Waals surface area contributed by atoms with E-state index in [1.165, 1.54) is 0 Å². The zero-order chi connectivity index (χ0) is 13.1. The first-order chi connectivity index (χ1) is 7.71. The molecule has 1 aromatic heterocycles. The number of aromatic amines is 1. The van der Waals surface area contributed by atoms with Gasteiger partial charge in [-0.1, -0.05) is 6.07 Å². The van der Waals surface area contributed by atoms with Crippen LogP contribution in [0.1, 0.15) is 0 Å². The molecule has 0 aromatic carbocycles. The van der Waals surface area contributed by atoms with Crippen molar-refractivity contribution in [3.63, 3.8) is 0 Å². The summed E-state index contributed by atoms with van der Waals surface area (Å²) in [5, 5.41) is 0.466. The van der Waals surface area contributed by atoms with E-state index in [2.05, 4.69) is 10.3 Å². The van der Waals surface area contributed by atoms with Crippen LogP contribution in [0.4, 0.5) is 5.82 Å². The van der Waals surface area contributed by atoms with Crippen LogP contribution in [-0.4, -0.2) is 31.5 Å². The fourth-order valence-corrected chi connectivity index (χ4v) is 3.36. The molecule has 0 bridgehead atoms. The van der Waals surface area contributed by atoms with Crippen molar-refractivity contribution in [2.75, 3.05) is 11.9 Å². The smallest absolute Gasteiger partial charge is 0.301 e. The summed E-state index contributed by atoms with van der Waals surface area (Å²) < 4.78 is 0. The second-order valence-corrected chi connectivity index (χ2v) is 7.33. The molecule has 6 N–H and O–H groups in total. The summed E-state index contributed by atoms with van der Waals surface area (Å²) in [6.45, 7) is -0.533. The van der Waals surface area contributed by atoms with E-state index in [0.29, 0.717) is 5.82 Å². The average molecular weight is 283 g/mol. The Morgan fingerprint density at radius 3 is 2.18 bits per heavy atom. The van der Waals surface area contributed by atoms with Crippen molar-refractivity contribution < 1.29 is 34.3 Å². The summed E-state index contributed by atoms with van der Waals surface area (Å²) >= 11 is 0. The molecule has 8 nitrogen and oxygen atoms in total.